The number of anilines is 2. The molecular formula is C28H28ClF6N7O. The van der Waals surface area contributed by atoms with Crippen LogP contribution in [0.2, 0.25) is 5.02 Å². The van der Waals surface area contributed by atoms with E-state index in [4.69, 9.17) is 22.1 Å². The average molecular weight is 628 g/mol. The van der Waals surface area contributed by atoms with Gasteiger partial charge in [-0.1, -0.05) is 11.6 Å². The van der Waals surface area contributed by atoms with E-state index < -0.39 is 52.5 Å². The maximum Gasteiger partial charge on any atom is 0.418 e. The van der Waals surface area contributed by atoms with Crippen molar-refractivity contribution >= 4 is 34.0 Å². The van der Waals surface area contributed by atoms with Crippen LogP contribution in [0.5, 0.6) is 6.01 Å². The molecular weight excluding hydrogens is 600 g/mol. The van der Waals surface area contributed by atoms with Gasteiger partial charge in [0.15, 0.2) is 18.4 Å². The Balaban J connectivity index is 1.43. The lowest BCUT2D eigenvalue weighted by molar-refractivity contribution is -0.137. The zero-order valence-corrected chi connectivity index (χ0v) is 23.6. The van der Waals surface area contributed by atoms with Crippen LogP contribution in [0.25, 0.3) is 22.2 Å². The zero-order chi connectivity index (χ0) is 30.3. The van der Waals surface area contributed by atoms with Crippen molar-refractivity contribution in [2.45, 2.75) is 68.9 Å². The van der Waals surface area contributed by atoms with Gasteiger partial charge in [-0.25, -0.2) is 18.2 Å². The van der Waals surface area contributed by atoms with Gasteiger partial charge in [-0.3, -0.25) is 10.2 Å². The van der Waals surface area contributed by atoms with Gasteiger partial charge in [0.05, 0.1) is 39.8 Å². The molecule has 4 aliphatic heterocycles. The Morgan fingerprint density at radius 1 is 1.12 bits per heavy atom. The summed E-state index contributed by atoms with van der Waals surface area (Å²) in [7, 11) is 0. The minimum absolute atomic E-state index is 0.0242. The molecule has 0 aliphatic carbocycles. The van der Waals surface area contributed by atoms with Crippen LogP contribution in [0, 0.1) is 5.82 Å². The number of hydrogen-bond donors (Lipinski definition) is 2. The summed E-state index contributed by atoms with van der Waals surface area (Å²) in [6.45, 7) is 1.79. The molecule has 3 N–H and O–H groups in total. The second-order valence-corrected chi connectivity index (χ2v) is 12.1. The van der Waals surface area contributed by atoms with Gasteiger partial charge in [0.25, 0.3) is 0 Å². The number of hydrogen-bond acceptors (Lipinski definition) is 8. The average Bonchev–Trinajstić information content (AvgIpc) is 3.46. The maximum absolute atomic E-state index is 16.5. The second kappa shape index (κ2) is 10.2. The predicted molar refractivity (Wildman–Crippen MR) is 148 cm³/mol. The molecule has 4 aliphatic rings. The Kier molecular flexibility index (Phi) is 6.82. The highest BCUT2D eigenvalue weighted by Crippen LogP contribution is 2.46. The first kappa shape index (κ1) is 28.7. The Morgan fingerprint density at radius 3 is 2.58 bits per heavy atom. The topological polar surface area (TPSA) is 92.4 Å². The van der Waals surface area contributed by atoms with E-state index in [0.717, 1.165) is 50.9 Å². The molecule has 0 amide bonds. The molecule has 3 atom stereocenters. The molecule has 8 nitrogen and oxygen atoms in total. The number of nitrogen functional groups attached to an aromatic ring is 1. The van der Waals surface area contributed by atoms with Crippen molar-refractivity contribution in [2.24, 2.45) is 0 Å². The van der Waals surface area contributed by atoms with Crippen LogP contribution < -0.4 is 20.7 Å². The van der Waals surface area contributed by atoms with E-state index in [1.807, 2.05) is 0 Å². The molecule has 7 rings (SSSR count). The summed E-state index contributed by atoms with van der Waals surface area (Å²) < 4.78 is 94.9. The SMILES string of the molecule is Nc1cc(Cl)c(C(F)(F)F)c(-c2nc3c4c(nc(OCC56CCCN5CCC6)nc4c2F)N2CC(F)NC(F)C2CC3)c1. The highest BCUT2D eigenvalue weighted by atomic mass is 35.5. The number of piperazine rings is 1. The van der Waals surface area contributed by atoms with E-state index in [2.05, 4.69) is 25.2 Å². The summed E-state index contributed by atoms with van der Waals surface area (Å²) in [6.07, 6.45) is -4.53. The Labute approximate surface area is 247 Å². The third-order valence-electron chi connectivity index (χ3n) is 9.14. The molecule has 0 saturated carbocycles. The molecule has 3 fully saturated rings. The third-order valence-corrected chi connectivity index (χ3v) is 9.44. The van der Waals surface area contributed by atoms with E-state index in [1.54, 1.807) is 0 Å². The predicted octanol–water partition coefficient (Wildman–Crippen LogP) is 5.41. The number of aryl methyl sites for hydroxylation is 1. The fraction of sp³-hybridized carbons (Fsp3) is 0.536. The monoisotopic (exact) mass is 627 g/mol. The molecule has 230 valence electrons. The maximum atomic E-state index is 16.5. The van der Waals surface area contributed by atoms with Crippen LogP contribution in [0.1, 0.15) is 43.4 Å². The van der Waals surface area contributed by atoms with Crippen molar-refractivity contribution in [3.8, 4) is 17.3 Å². The van der Waals surface area contributed by atoms with Gasteiger partial charge in [0, 0.05) is 11.3 Å². The van der Waals surface area contributed by atoms with Crippen molar-refractivity contribution < 1.29 is 31.1 Å². The van der Waals surface area contributed by atoms with E-state index in [9.17, 15) is 17.6 Å². The summed E-state index contributed by atoms with van der Waals surface area (Å²) in [5, 5.41) is 1.61. The zero-order valence-electron chi connectivity index (χ0n) is 22.8. The smallest absolute Gasteiger partial charge is 0.418 e. The Morgan fingerprint density at radius 2 is 1.86 bits per heavy atom. The number of nitrogens with one attached hydrogen (secondary N) is 1. The standard InChI is InChI=1S/C28H28ClF6N7O/c29-15-10-13(36)9-14(20(15)28(33,34)35)22-21(31)23-19-16(37-22)3-4-17-24(32)38-18(30)11-42(17)25(19)40-26(39-23)43-12-27-5-1-7-41(27)8-2-6-27/h9-10,17-18,24,38H,1-8,11-12,36H2. The first-order valence-corrected chi connectivity index (χ1v) is 14.6. The van der Waals surface area contributed by atoms with E-state index in [1.165, 1.54) is 4.90 Å². The lowest BCUT2D eigenvalue weighted by Gasteiger charge is -2.40. The number of aromatic nitrogens is 3. The number of nitrogens with zero attached hydrogens (tertiary/aromatic N) is 5. The van der Waals surface area contributed by atoms with Crippen LogP contribution in [-0.2, 0) is 12.6 Å². The third kappa shape index (κ3) is 4.72. The van der Waals surface area contributed by atoms with Crippen molar-refractivity contribution in [3.63, 3.8) is 0 Å². The van der Waals surface area contributed by atoms with Gasteiger partial charge in [-0.05, 0) is 63.7 Å². The highest BCUT2D eigenvalue weighted by Gasteiger charge is 2.46. The van der Waals surface area contributed by atoms with E-state index >= 15 is 8.78 Å². The molecule has 1 aromatic carbocycles. The number of halogens is 7. The fourth-order valence-corrected chi connectivity index (χ4v) is 7.57. The molecule has 43 heavy (non-hydrogen) atoms. The number of fused-ring (bicyclic) bond motifs is 3. The minimum atomic E-state index is -4.96. The van der Waals surface area contributed by atoms with Crippen LogP contribution in [0.4, 0.5) is 37.8 Å². The Hall–Kier alpha value is -3.10. The van der Waals surface area contributed by atoms with E-state index in [-0.39, 0.29) is 65.6 Å². The van der Waals surface area contributed by atoms with Crippen LogP contribution in [0.3, 0.4) is 0 Å². The van der Waals surface area contributed by atoms with Crippen LogP contribution in [0.15, 0.2) is 12.1 Å². The first-order valence-electron chi connectivity index (χ1n) is 14.2. The molecule has 2 aromatic heterocycles. The summed E-state index contributed by atoms with van der Waals surface area (Å²) in [4.78, 5) is 17.0. The number of pyridine rings is 1. The number of nitrogens with two attached hydrogens (primary N) is 1. The van der Waals surface area contributed by atoms with Crippen molar-refractivity contribution in [3.05, 3.63) is 34.2 Å². The molecule has 3 saturated heterocycles. The largest absolute Gasteiger partial charge is 0.461 e. The van der Waals surface area contributed by atoms with Gasteiger partial charge in [0.2, 0.25) is 0 Å². The lowest BCUT2D eigenvalue weighted by atomic mass is 9.95. The molecule has 0 radical (unpaired) electrons. The van der Waals surface area contributed by atoms with Crippen molar-refractivity contribution in [1.29, 1.82) is 0 Å². The summed E-state index contributed by atoms with van der Waals surface area (Å²) in [5.41, 5.74) is 2.67. The molecule has 15 heteroatoms. The van der Waals surface area contributed by atoms with E-state index in [0.29, 0.717) is 0 Å². The van der Waals surface area contributed by atoms with Crippen LogP contribution >= 0.6 is 11.6 Å². The normalized spacial score (nSPS) is 25.1. The lowest BCUT2D eigenvalue weighted by Crippen LogP contribution is -2.59. The highest BCUT2D eigenvalue weighted by molar-refractivity contribution is 6.32. The molecule has 3 aromatic rings. The van der Waals surface area contributed by atoms with Gasteiger partial charge in [-0.15, -0.1) is 0 Å². The molecule has 0 bridgehead atoms. The van der Waals surface area contributed by atoms with Gasteiger partial charge in [-0.2, -0.15) is 23.1 Å². The quantitative estimate of drug-likeness (QED) is 0.226. The molecule has 0 spiro atoms. The Bertz CT molecular complexity index is 1600. The number of rotatable bonds is 4. The van der Waals surface area contributed by atoms with Crippen molar-refractivity contribution in [1.82, 2.24) is 25.2 Å². The summed E-state index contributed by atoms with van der Waals surface area (Å²) in [6, 6.07) is 0.762. The minimum Gasteiger partial charge on any atom is -0.461 e. The van der Waals surface area contributed by atoms with Crippen molar-refractivity contribution in [2.75, 3.05) is 36.9 Å². The van der Waals surface area contributed by atoms with Gasteiger partial charge >= 0.3 is 12.2 Å². The summed E-state index contributed by atoms with van der Waals surface area (Å²) >= 11 is 5.97. The fourth-order valence-electron chi connectivity index (χ4n) is 7.23. The van der Waals surface area contributed by atoms with Crippen LogP contribution in [-0.4, -0.2) is 70.3 Å². The second-order valence-electron chi connectivity index (χ2n) is 11.7. The van der Waals surface area contributed by atoms with Gasteiger partial charge < -0.3 is 15.4 Å². The molecule has 3 unspecified atom stereocenters. The molecule has 6 heterocycles. The number of alkyl halides is 5. The van der Waals surface area contributed by atoms with Gasteiger partial charge in [0.1, 0.15) is 23.6 Å². The number of benzene rings is 1. The first-order chi connectivity index (χ1) is 20.4. The number of ether oxygens (including phenoxy) is 1. The summed E-state index contributed by atoms with van der Waals surface area (Å²) in [5.74, 6) is -1.15.